The Labute approximate surface area is 130 Å². The van der Waals surface area contributed by atoms with Gasteiger partial charge >= 0.3 is 0 Å². The second-order valence-corrected chi connectivity index (χ2v) is 6.94. The molecule has 1 aromatic carbocycles. The van der Waals surface area contributed by atoms with Crippen LogP contribution in [0.25, 0.3) is 10.9 Å². The van der Waals surface area contributed by atoms with Gasteiger partial charge < -0.3 is 9.78 Å². The summed E-state index contributed by atoms with van der Waals surface area (Å²) in [5, 5.41) is 1.35. The van der Waals surface area contributed by atoms with E-state index in [1.54, 1.807) is 0 Å². The summed E-state index contributed by atoms with van der Waals surface area (Å²) < 4.78 is 0. The molecular formula is C19H20N2O. The molecule has 0 saturated carbocycles. The normalized spacial score (nSPS) is 37.5. The molecule has 4 aliphatic rings. The van der Waals surface area contributed by atoms with Gasteiger partial charge in [0, 0.05) is 35.1 Å². The van der Waals surface area contributed by atoms with Crippen LogP contribution >= 0.6 is 0 Å². The van der Waals surface area contributed by atoms with Crippen LogP contribution in [0.2, 0.25) is 0 Å². The van der Waals surface area contributed by atoms with Crippen LogP contribution in [0.5, 0.6) is 0 Å². The average molecular weight is 292 g/mol. The summed E-state index contributed by atoms with van der Waals surface area (Å²) in [6, 6.07) is 9.44. The van der Waals surface area contributed by atoms with Crippen LogP contribution in [0.1, 0.15) is 30.6 Å². The molecule has 4 bridgehead atoms. The Morgan fingerprint density at radius 1 is 1.32 bits per heavy atom. The third-order valence-corrected chi connectivity index (χ3v) is 6.17. The zero-order chi connectivity index (χ0) is 14.8. The minimum atomic E-state index is 0.165. The van der Waals surface area contributed by atoms with Crippen LogP contribution in [0.3, 0.4) is 0 Å². The highest BCUT2D eigenvalue weighted by atomic mass is 16.1. The quantitative estimate of drug-likeness (QED) is 0.647. The molecule has 0 spiro atoms. The molecule has 3 saturated heterocycles. The molecular weight excluding hydrogens is 272 g/mol. The lowest BCUT2D eigenvalue weighted by Crippen LogP contribution is -2.60. The number of allylic oxidation sites excluding steroid dienone is 1. The minimum absolute atomic E-state index is 0.165. The molecule has 112 valence electrons. The lowest BCUT2D eigenvalue weighted by Gasteiger charge is -2.57. The summed E-state index contributed by atoms with van der Waals surface area (Å²) in [7, 11) is 0. The van der Waals surface area contributed by atoms with Crippen molar-refractivity contribution in [3.8, 4) is 0 Å². The molecule has 0 amide bonds. The molecule has 3 heteroatoms. The van der Waals surface area contributed by atoms with Gasteiger partial charge in [0.2, 0.25) is 0 Å². The zero-order valence-corrected chi connectivity index (χ0v) is 12.8. The van der Waals surface area contributed by atoms with Crippen molar-refractivity contribution in [3.05, 3.63) is 47.2 Å². The number of hydrogen-bond donors (Lipinski definition) is 1. The number of piperidine rings is 3. The molecule has 6 rings (SSSR count). The second-order valence-electron chi connectivity index (χ2n) is 6.94. The van der Waals surface area contributed by atoms with Crippen LogP contribution < -0.4 is 0 Å². The first-order valence-electron chi connectivity index (χ1n) is 8.27. The molecule has 1 aromatic heterocycles. The maximum atomic E-state index is 11.8. The minimum Gasteiger partial charge on any atom is -0.357 e. The maximum Gasteiger partial charge on any atom is 0.125 e. The van der Waals surface area contributed by atoms with E-state index in [1.807, 2.05) is 0 Å². The molecule has 0 radical (unpaired) electrons. The van der Waals surface area contributed by atoms with Crippen LogP contribution in [0.4, 0.5) is 0 Å². The van der Waals surface area contributed by atoms with Crippen molar-refractivity contribution in [1.29, 1.82) is 0 Å². The molecule has 1 unspecified atom stereocenters. The number of para-hydroxylation sites is 1. The highest BCUT2D eigenvalue weighted by Crippen LogP contribution is 2.53. The van der Waals surface area contributed by atoms with Gasteiger partial charge in [-0.3, -0.25) is 4.90 Å². The number of nitrogens with one attached hydrogen (secondary N) is 1. The highest BCUT2D eigenvalue weighted by Gasteiger charge is 2.52. The third-order valence-electron chi connectivity index (χ3n) is 6.17. The van der Waals surface area contributed by atoms with E-state index in [1.165, 1.54) is 34.0 Å². The Bertz CT molecular complexity index is 803. The highest BCUT2D eigenvalue weighted by molar-refractivity contribution is 5.85. The molecule has 22 heavy (non-hydrogen) atoms. The van der Waals surface area contributed by atoms with Crippen LogP contribution in [0, 0.1) is 11.8 Å². The number of H-pyrrole nitrogens is 1. The number of carbonyl (C=O) groups excluding carboxylic acids is 1. The molecule has 5 heterocycles. The SMILES string of the molecule is C/C=C1\CN2[C@H]3C[C@@H]1[C@H](C=O)[C@@H]2Cc1c3[nH]c2ccccc12. The summed E-state index contributed by atoms with van der Waals surface area (Å²) >= 11 is 0. The largest absolute Gasteiger partial charge is 0.357 e. The van der Waals surface area contributed by atoms with E-state index in [2.05, 4.69) is 47.1 Å². The van der Waals surface area contributed by atoms with Gasteiger partial charge in [-0.1, -0.05) is 29.8 Å². The number of aldehydes is 1. The van der Waals surface area contributed by atoms with Gasteiger partial charge in [-0.2, -0.15) is 0 Å². The van der Waals surface area contributed by atoms with Crippen molar-refractivity contribution < 1.29 is 4.79 Å². The fourth-order valence-corrected chi connectivity index (χ4v) is 5.17. The molecule has 1 N–H and O–H groups in total. The molecule has 3 fully saturated rings. The average Bonchev–Trinajstić information content (AvgIpc) is 2.93. The number of benzene rings is 1. The van der Waals surface area contributed by atoms with E-state index >= 15 is 0 Å². The number of carbonyl (C=O) groups is 1. The van der Waals surface area contributed by atoms with Crippen molar-refractivity contribution in [1.82, 2.24) is 9.88 Å². The van der Waals surface area contributed by atoms with Crippen molar-refractivity contribution in [2.24, 2.45) is 11.8 Å². The smallest absolute Gasteiger partial charge is 0.125 e. The van der Waals surface area contributed by atoms with E-state index in [0.717, 1.165) is 19.4 Å². The fourth-order valence-electron chi connectivity index (χ4n) is 5.17. The summed E-state index contributed by atoms with van der Waals surface area (Å²) in [6.45, 7) is 3.15. The summed E-state index contributed by atoms with van der Waals surface area (Å²) in [6.07, 6.45) is 5.54. The number of nitrogens with zero attached hydrogens (tertiary/aromatic N) is 1. The lowest BCUT2D eigenvalue weighted by atomic mass is 9.64. The zero-order valence-electron chi connectivity index (χ0n) is 12.8. The van der Waals surface area contributed by atoms with Gasteiger partial charge in [0.1, 0.15) is 6.29 Å². The summed E-state index contributed by atoms with van der Waals surface area (Å²) in [4.78, 5) is 18.0. The van der Waals surface area contributed by atoms with E-state index in [0.29, 0.717) is 18.0 Å². The van der Waals surface area contributed by atoms with Crippen LogP contribution in [0.15, 0.2) is 35.9 Å². The first-order chi connectivity index (χ1) is 10.8. The first-order valence-corrected chi connectivity index (χ1v) is 8.27. The van der Waals surface area contributed by atoms with Gasteiger partial charge in [-0.15, -0.1) is 0 Å². The molecule has 4 aliphatic heterocycles. The van der Waals surface area contributed by atoms with Crippen molar-refractivity contribution >= 4 is 17.2 Å². The van der Waals surface area contributed by atoms with Crippen molar-refractivity contribution in [3.63, 3.8) is 0 Å². The maximum absolute atomic E-state index is 11.8. The van der Waals surface area contributed by atoms with E-state index < -0.39 is 0 Å². The van der Waals surface area contributed by atoms with E-state index in [9.17, 15) is 4.79 Å². The molecule has 5 atom stereocenters. The van der Waals surface area contributed by atoms with Gasteiger partial charge in [0.05, 0.1) is 6.04 Å². The van der Waals surface area contributed by atoms with Gasteiger partial charge in [0.15, 0.2) is 0 Å². The molecule has 2 aromatic rings. The predicted octanol–water partition coefficient (Wildman–Crippen LogP) is 3.23. The third kappa shape index (κ3) is 1.42. The number of aromatic nitrogens is 1. The van der Waals surface area contributed by atoms with Crippen molar-refractivity contribution in [2.75, 3.05) is 6.54 Å². The van der Waals surface area contributed by atoms with Crippen molar-refractivity contribution in [2.45, 2.75) is 31.8 Å². The number of hydrogen-bond acceptors (Lipinski definition) is 2. The number of rotatable bonds is 1. The lowest BCUT2D eigenvalue weighted by molar-refractivity contribution is -0.121. The number of fused-ring (bicyclic) bond motifs is 4. The Hall–Kier alpha value is -1.87. The summed E-state index contributed by atoms with van der Waals surface area (Å²) in [5.41, 5.74) is 5.56. The topological polar surface area (TPSA) is 36.1 Å². The van der Waals surface area contributed by atoms with Gasteiger partial charge in [-0.25, -0.2) is 0 Å². The van der Waals surface area contributed by atoms with E-state index in [-0.39, 0.29) is 5.92 Å². The monoisotopic (exact) mass is 292 g/mol. The Morgan fingerprint density at radius 3 is 3.00 bits per heavy atom. The van der Waals surface area contributed by atoms with Crippen LogP contribution in [-0.4, -0.2) is 28.8 Å². The number of aromatic amines is 1. The molecule has 3 nitrogen and oxygen atoms in total. The Balaban J connectivity index is 1.70. The Morgan fingerprint density at radius 2 is 2.18 bits per heavy atom. The second kappa shape index (κ2) is 4.32. The summed E-state index contributed by atoms with van der Waals surface area (Å²) in [5.74, 6) is 0.611. The standard InChI is InChI=1S/C19H20N2O/c1-2-11-9-21-17-8-14-12-5-3-4-6-16(12)20-19(14)18(21)7-13(11)15(17)10-22/h2-6,10,13,15,17-18,20H,7-9H2,1H3/b11-2+/t13-,15-,17-,18-/m0/s1. The van der Waals surface area contributed by atoms with Crippen LogP contribution in [-0.2, 0) is 11.2 Å². The molecule has 0 aliphatic carbocycles. The van der Waals surface area contributed by atoms with E-state index in [4.69, 9.17) is 0 Å². The first kappa shape index (κ1) is 12.7. The van der Waals surface area contributed by atoms with Gasteiger partial charge in [-0.05, 0) is 37.3 Å². The van der Waals surface area contributed by atoms with Gasteiger partial charge in [0.25, 0.3) is 0 Å². The predicted molar refractivity (Wildman–Crippen MR) is 86.7 cm³/mol. The Kier molecular flexibility index (Phi) is 2.49. The fraction of sp³-hybridized carbons (Fsp3) is 0.421.